The van der Waals surface area contributed by atoms with E-state index in [-0.39, 0.29) is 6.10 Å². The zero-order valence-corrected chi connectivity index (χ0v) is 10.4. The Hall–Kier alpha value is -1.02. The van der Waals surface area contributed by atoms with Crippen molar-refractivity contribution in [1.82, 2.24) is 5.32 Å². The maximum absolute atomic E-state index is 5.76. The Kier molecular flexibility index (Phi) is 6.66. The number of para-hydroxylation sites is 1. The summed E-state index contributed by atoms with van der Waals surface area (Å²) in [5.74, 6) is 0.949. The van der Waals surface area contributed by atoms with Crippen LogP contribution in [0.1, 0.15) is 33.1 Å². The van der Waals surface area contributed by atoms with Crippen molar-refractivity contribution in [1.29, 1.82) is 0 Å². The maximum Gasteiger partial charge on any atom is 0.119 e. The Morgan fingerprint density at radius 1 is 1.19 bits per heavy atom. The van der Waals surface area contributed by atoms with Gasteiger partial charge in [-0.1, -0.05) is 38.0 Å². The minimum atomic E-state index is 0.226. The van der Waals surface area contributed by atoms with E-state index in [4.69, 9.17) is 4.74 Å². The number of hydrogen-bond acceptors (Lipinski definition) is 2. The molecule has 1 N–H and O–H groups in total. The number of nitrogens with one attached hydrogen (secondary N) is 1. The van der Waals surface area contributed by atoms with Gasteiger partial charge < -0.3 is 10.1 Å². The van der Waals surface area contributed by atoms with E-state index in [0.29, 0.717) is 0 Å². The summed E-state index contributed by atoms with van der Waals surface area (Å²) < 4.78 is 5.76. The summed E-state index contributed by atoms with van der Waals surface area (Å²) in [6, 6.07) is 9.98. The van der Waals surface area contributed by atoms with Crippen LogP contribution in [-0.4, -0.2) is 19.2 Å². The second-order valence-electron chi connectivity index (χ2n) is 4.15. The summed E-state index contributed by atoms with van der Waals surface area (Å²) in [6.45, 7) is 6.33. The molecule has 1 atom stereocenters. The SMILES string of the molecule is CCCCCNCC(C)Oc1ccccc1. The standard InChI is InChI=1S/C14H23NO/c1-3-4-8-11-15-12-13(2)16-14-9-6-5-7-10-14/h5-7,9-10,13,15H,3-4,8,11-12H2,1-2H3. The summed E-state index contributed by atoms with van der Waals surface area (Å²) >= 11 is 0. The lowest BCUT2D eigenvalue weighted by Gasteiger charge is -2.15. The molecule has 0 aliphatic rings. The highest BCUT2D eigenvalue weighted by molar-refractivity contribution is 5.21. The van der Waals surface area contributed by atoms with Gasteiger partial charge in [-0.05, 0) is 32.0 Å². The lowest BCUT2D eigenvalue weighted by Crippen LogP contribution is -2.29. The first kappa shape index (κ1) is 13.0. The van der Waals surface area contributed by atoms with E-state index in [1.807, 2.05) is 30.3 Å². The van der Waals surface area contributed by atoms with Crippen molar-refractivity contribution in [2.24, 2.45) is 0 Å². The molecule has 16 heavy (non-hydrogen) atoms. The average Bonchev–Trinajstić information content (AvgIpc) is 2.30. The number of rotatable bonds is 8. The van der Waals surface area contributed by atoms with Gasteiger partial charge in [-0.15, -0.1) is 0 Å². The lowest BCUT2D eigenvalue weighted by atomic mass is 10.2. The highest BCUT2D eigenvalue weighted by Crippen LogP contribution is 2.10. The van der Waals surface area contributed by atoms with E-state index in [2.05, 4.69) is 19.2 Å². The van der Waals surface area contributed by atoms with Gasteiger partial charge in [0.1, 0.15) is 11.9 Å². The van der Waals surface area contributed by atoms with Gasteiger partial charge in [0.05, 0.1) is 0 Å². The molecule has 0 saturated carbocycles. The molecule has 0 amide bonds. The van der Waals surface area contributed by atoms with Crippen LogP contribution in [-0.2, 0) is 0 Å². The van der Waals surface area contributed by atoms with Crippen molar-refractivity contribution in [3.63, 3.8) is 0 Å². The summed E-state index contributed by atoms with van der Waals surface area (Å²) in [5.41, 5.74) is 0. The molecule has 0 bridgehead atoms. The first-order valence-electron chi connectivity index (χ1n) is 6.25. The predicted molar refractivity (Wildman–Crippen MR) is 68.9 cm³/mol. The Morgan fingerprint density at radius 2 is 1.94 bits per heavy atom. The summed E-state index contributed by atoms with van der Waals surface area (Å²) in [7, 11) is 0. The van der Waals surface area contributed by atoms with E-state index in [9.17, 15) is 0 Å². The highest BCUT2D eigenvalue weighted by atomic mass is 16.5. The Balaban J connectivity index is 2.09. The number of ether oxygens (including phenoxy) is 1. The van der Waals surface area contributed by atoms with Crippen molar-refractivity contribution >= 4 is 0 Å². The summed E-state index contributed by atoms with van der Waals surface area (Å²) in [5, 5.41) is 3.42. The van der Waals surface area contributed by atoms with Crippen LogP contribution in [0.4, 0.5) is 0 Å². The van der Waals surface area contributed by atoms with Crippen LogP contribution >= 0.6 is 0 Å². The third-order valence-electron chi connectivity index (χ3n) is 2.47. The number of hydrogen-bond donors (Lipinski definition) is 1. The normalized spacial score (nSPS) is 12.4. The zero-order chi connectivity index (χ0) is 11.6. The maximum atomic E-state index is 5.76. The minimum absolute atomic E-state index is 0.226. The van der Waals surface area contributed by atoms with Gasteiger partial charge in [0.15, 0.2) is 0 Å². The number of benzene rings is 1. The first-order valence-corrected chi connectivity index (χ1v) is 6.25. The molecule has 0 heterocycles. The fourth-order valence-electron chi connectivity index (χ4n) is 1.58. The van der Waals surface area contributed by atoms with Crippen LogP contribution in [0, 0.1) is 0 Å². The molecule has 0 spiro atoms. The minimum Gasteiger partial charge on any atom is -0.489 e. The van der Waals surface area contributed by atoms with Crippen molar-refractivity contribution in [3.05, 3.63) is 30.3 Å². The van der Waals surface area contributed by atoms with Crippen LogP contribution in [0.3, 0.4) is 0 Å². The molecule has 0 radical (unpaired) electrons. The zero-order valence-electron chi connectivity index (χ0n) is 10.4. The summed E-state index contributed by atoms with van der Waals surface area (Å²) in [4.78, 5) is 0. The Morgan fingerprint density at radius 3 is 2.62 bits per heavy atom. The van der Waals surface area contributed by atoms with Gasteiger partial charge in [0.2, 0.25) is 0 Å². The molecule has 0 aliphatic heterocycles. The molecule has 0 aliphatic carbocycles. The van der Waals surface area contributed by atoms with Crippen LogP contribution in [0.15, 0.2) is 30.3 Å². The molecule has 1 unspecified atom stereocenters. The fourth-order valence-corrected chi connectivity index (χ4v) is 1.58. The second-order valence-corrected chi connectivity index (χ2v) is 4.15. The van der Waals surface area contributed by atoms with Gasteiger partial charge in [-0.3, -0.25) is 0 Å². The molecule has 2 heteroatoms. The third-order valence-corrected chi connectivity index (χ3v) is 2.47. The van der Waals surface area contributed by atoms with E-state index in [1.54, 1.807) is 0 Å². The van der Waals surface area contributed by atoms with Gasteiger partial charge in [0.25, 0.3) is 0 Å². The van der Waals surface area contributed by atoms with Gasteiger partial charge >= 0.3 is 0 Å². The molecule has 0 saturated heterocycles. The molecule has 2 nitrogen and oxygen atoms in total. The molecular weight excluding hydrogens is 198 g/mol. The van der Waals surface area contributed by atoms with Crippen LogP contribution in [0.25, 0.3) is 0 Å². The molecule has 90 valence electrons. The Labute approximate surface area is 99.0 Å². The molecule has 0 aromatic heterocycles. The van der Waals surface area contributed by atoms with Gasteiger partial charge in [-0.25, -0.2) is 0 Å². The predicted octanol–water partition coefficient (Wildman–Crippen LogP) is 3.23. The van der Waals surface area contributed by atoms with Crippen molar-refractivity contribution in [3.8, 4) is 5.75 Å². The van der Waals surface area contributed by atoms with Crippen LogP contribution in [0.5, 0.6) is 5.75 Å². The van der Waals surface area contributed by atoms with E-state index in [1.165, 1.54) is 19.3 Å². The van der Waals surface area contributed by atoms with Gasteiger partial charge in [0, 0.05) is 6.54 Å². The summed E-state index contributed by atoms with van der Waals surface area (Å²) in [6.07, 6.45) is 4.07. The highest BCUT2D eigenvalue weighted by Gasteiger charge is 2.02. The van der Waals surface area contributed by atoms with E-state index < -0.39 is 0 Å². The average molecular weight is 221 g/mol. The molecule has 1 aromatic carbocycles. The lowest BCUT2D eigenvalue weighted by molar-refractivity contribution is 0.217. The first-order chi connectivity index (χ1) is 7.83. The third kappa shape index (κ3) is 5.76. The van der Waals surface area contributed by atoms with E-state index >= 15 is 0 Å². The molecule has 0 fully saturated rings. The number of unbranched alkanes of at least 4 members (excludes halogenated alkanes) is 2. The fraction of sp³-hybridized carbons (Fsp3) is 0.571. The van der Waals surface area contributed by atoms with Crippen LogP contribution in [0.2, 0.25) is 0 Å². The van der Waals surface area contributed by atoms with Crippen molar-refractivity contribution in [2.75, 3.05) is 13.1 Å². The smallest absolute Gasteiger partial charge is 0.119 e. The molecule has 1 aromatic rings. The monoisotopic (exact) mass is 221 g/mol. The van der Waals surface area contributed by atoms with Crippen LogP contribution < -0.4 is 10.1 Å². The topological polar surface area (TPSA) is 21.3 Å². The molecule has 1 rings (SSSR count). The quantitative estimate of drug-likeness (QED) is 0.680. The van der Waals surface area contributed by atoms with Gasteiger partial charge in [-0.2, -0.15) is 0 Å². The molecular formula is C14H23NO. The van der Waals surface area contributed by atoms with Crippen molar-refractivity contribution in [2.45, 2.75) is 39.2 Å². The largest absolute Gasteiger partial charge is 0.489 e. The van der Waals surface area contributed by atoms with Crippen molar-refractivity contribution < 1.29 is 4.74 Å². The second kappa shape index (κ2) is 8.17. The van der Waals surface area contributed by atoms with E-state index in [0.717, 1.165) is 18.8 Å². The Bertz CT molecular complexity index is 261.